The number of aromatic amines is 1. The maximum atomic E-state index is 13.0. The highest BCUT2D eigenvalue weighted by atomic mass is 16.5. The molecule has 26 heavy (non-hydrogen) atoms. The van der Waals surface area contributed by atoms with Gasteiger partial charge in [0.25, 0.3) is 5.56 Å². The van der Waals surface area contributed by atoms with Crippen molar-refractivity contribution in [1.29, 1.82) is 0 Å². The van der Waals surface area contributed by atoms with E-state index in [-0.39, 0.29) is 11.6 Å². The van der Waals surface area contributed by atoms with Gasteiger partial charge in [0.05, 0.1) is 24.1 Å². The number of rotatable bonds is 3. The van der Waals surface area contributed by atoms with Gasteiger partial charge in [0.15, 0.2) is 0 Å². The second-order valence-corrected chi connectivity index (χ2v) is 6.38. The highest BCUT2D eigenvalue weighted by molar-refractivity contribution is 6.03. The van der Waals surface area contributed by atoms with Gasteiger partial charge in [-0.25, -0.2) is 4.79 Å². The van der Waals surface area contributed by atoms with Crippen LogP contribution < -0.4 is 10.9 Å². The summed E-state index contributed by atoms with van der Waals surface area (Å²) in [4.78, 5) is 26.9. The molecule has 2 amide bonds. The van der Waals surface area contributed by atoms with Crippen LogP contribution in [0.3, 0.4) is 0 Å². The predicted octanol–water partition coefficient (Wildman–Crippen LogP) is 1.23. The van der Waals surface area contributed by atoms with Gasteiger partial charge in [-0.3, -0.25) is 9.89 Å². The van der Waals surface area contributed by atoms with Crippen LogP contribution in [-0.2, 0) is 11.3 Å². The van der Waals surface area contributed by atoms with E-state index in [0.717, 1.165) is 16.6 Å². The molecular formula is C18H21N5O3. The summed E-state index contributed by atoms with van der Waals surface area (Å²) in [6, 6.07) is 7.58. The summed E-state index contributed by atoms with van der Waals surface area (Å²) in [6.07, 6.45) is 0. The summed E-state index contributed by atoms with van der Waals surface area (Å²) in [5, 5.41) is 11.6. The number of hydrogen-bond acceptors (Lipinski definition) is 4. The van der Waals surface area contributed by atoms with E-state index < -0.39 is 0 Å². The zero-order chi connectivity index (χ0) is 18.1. The van der Waals surface area contributed by atoms with Crippen molar-refractivity contribution in [3.05, 3.63) is 40.3 Å². The smallest absolute Gasteiger partial charge is 0.317 e. The third-order valence-corrected chi connectivity index (χ3v) is 4.77. The maximum absolute atomic E-state index is 13.0. The fourth-order valence-electron chi connectivity index (χ4n) is 3.41. The van der Waals surface area contributed by atoms with E-state index in [1.165, 1.54) is 0 Å². The monoisotopic (exact) mass is 355 g/mol. The fourth-order valence-corrected chi connectivity index (χ4v) is 3.41. The summed E-state index contributed by atoms with van der Waals surface area (Å²) >= 11 is 0. The van der Waals surface area contributed by atoms with Crippen LogP contribution in [0.25, 0.3) is 21.8 Å². The molecule has 1 fully saturated rings. The van der Waals surface area contributed by atoms with Crippen LogP contribution in [0.5, 0.6) is 0 Å². The lowest BCUT2D eigenvalue weighted by molar-refractivity contribution is 0.0532. The van der Waals surface area contributed by atoms with E-state index in [0.29, 0.717) is 50.3 Å². The standard InChI is InChI=1S/C18H21N5O3/c1-12-15-16(21-20-12)13-4-2-3-5-14(13)23(17(15)24)7-6-19-18(25)22-8-10-26-11-9-22/h2-5H,6-11H2,1H3,(H,19,25)(H,20,21). The number of hydrogen-bond donors (Lipinski definition) is 2. The normalized spacial score (nSPS) is 14.9. The molecule has 0 saturated carbocycles. The Balaban J connectivity index is 1.61. The topological polar surface area (TPSA) is 92.2 Å². The number of morpholine rings is 1. The average Bonchev–Trinajstić information content (AvgIpc) is 3.07. The van der Waals surface area contributed by atoms with E-state index in [9.17, 15) is 9.59 Å². The lowest BCUT2D eigenvalue weighted by Gasteiger charge is -2.27. The first-order valence-corrected chi connectivity index (χ1v) is 8.73. The van der Waals surface area contributed by atoms with Gasteiger partial charge in [0.2, 0.25) is 0 Å². The molecular weight excluding hydrogens is 334 g/mol. The molecule has 3 aromatic rings. The Labute approximate surface area is 149 Å². The first-order valence-electron chi connectivity index (χ1n) is 8.73. The van der Waals surface area contributed by atoms with Gasteiger partial charge in [0.1, 0.15) is 5.52 Å². The molecule has 8 nitrogen and oxygen atoms in total. The maximum Gasteiger partial charge on any atom is 0.317 e. The number of para-hydroxylation sites is 1. The van der Waals surface area contributed by atoms with Gasteiger partial charge in [-0.05, 0) is 13.0 Å². The number of pyridine rings is 1. The minimum absolute atomic E-state index is 0.0921. The average molecular weight is 355 g/mol. The van der Waals surface area contributed by atoms with E-state index in [1.54, 1.807) is 9.47 Å². The summed E-state index contributed by atoms with van der Waals surface area (Å²) in [6.45, 7) is 4.93. The highest BCUT2D eigenvalue weighted by Gasteiger charge is 2.17. The number of carbonyl (C=O) groups excluding carboxylic acids is 1. The van der Waals surface area contributed by atoms with Crippen LogP contribution in [0.2, 0.25) is 0 Å². The molecule has 1 aliphatic heterocycles. The van der Waals surface area contributed by atoms with E-state index in [4.69, 9.17) is 4.74 Å². The van der Waals surface area contributed by atoms with Crippen molar-refractivity contribution >= 4 is 27.8 Å². The fraction of sp³-hybridized carbons (Fsp3) is 0.389. The van der Waals surface area contributed by atoms with Crippen molar-refractivity contribution in [3.8, 4) is 0 Å². The van der Waals surface area contributed by atoms with E-state index in [2.05, 4.69) is 15.5 Å². The summed E-state index contributed by atoms with van der Waals surface area (Å²) in [5.74, 6) is 0. The van der Waals surface area contributed by atoms with Gasteiger partial charge in [-0.1, -0.05) is 18.2 Å². The Morgan fingerprint density at radius 2 is 2.08 bits per heavy atom. The summed E-state index contributed by atoms with van der Waals surface area (Å²) in [7, 11) is 0. The zero-order valence-electron chi connectivity index (χ0n) is 14.6. The van der Waals surface area contributed by atoms with Crippen molar-refractivity contribution in [3.63, 3.8) is 0 Å². The lowest BCUT2D eigenvalue weighted by atomic mass is 10.1. The van der Waals surface area contributed by atoms with Crippen molar-refractivity contribution < 1.29 is 9.53 Å². The second kappa shape index (κ2) is 6.80. The zero-order valence-corrected chi connectivity index (χ0v) is 14.6. The largest absolute Gasteiger partial charge is 0.378 e. The van der Waals surface area contributed by atoms with Crippen molar-refractivity contribution in [2.75, 3.05) is 32.8 Å². The minimum Gasteiger partial charge on any atom is -0.378 e. The number of H-pyrrole nitrogens is 1. The van der Waals surface area contributed by atoms with Crippen LogP contribution in [0.1, 0.15) is 5.69 Å². The van der Waals surface area contributed by atoms with Crippen LogP contribution in [0.15, 0.2) is 29.1 Å². The number of urea groups is 1. The SMILES string of the molecule is Cc1[nH]nc2c1c(=O)n(CCNC(=O)N1CCOCC1)c1ccccc21. The minimum atomic E-state index is -0.119. The number of amides is 2. The Morgan fingerprint density at radius 1 is 1.31 bits per heavy atom. The number of carbonyl (C=O) groups is 1. The molecule has 0 radical (unpaired) electrons. The molecule has 2 aromatic heterocycles. The Morgan fingerprint density at radius 3 is 2.88 bits per heavy atom. The predicted molar refractivity (Wildman–Crippen MR) is 98.4 cm³/mol. The molecule has 1 aliphatic rings. The second-order valence-electron chi connectivity index (χ2n) is 6.38. The third kappa shape index (κ3) is 2.82. The molecule has 0 atom stereocenters. The van der Waals surface area contributed by atoms with Crippen molar-refractivity contribution in [2.45, 2.75) is 13.5 Å². The van der Waals surface area contributed by atoms with Gasteiger partial charge in [0, 0.05) is 37.3 Å². The lowest BCUT2D eigenvalue weighted by Crippen LogP contribution is -2.47. The van der Waals surface area contributed by atoms with Crippen molar-refractivity contribution in [1.82, 2.24) is 25.0 Å². The van der Waals surface area contributed by atoms with Crippen molar-refractivity contribution in [2.24, 2.45) is 0 Å². The molecule has 1 aromatic carbocycles. The molecule has 0 aliphatic carbocycles. The summed E-state index contributed by atoms with van der Waals surface area (Å²) < 4.78 is 6.96. The molecule has 4 rings (SSSR count). The van der Waals surface area contributed by atoms with Gasteiger partial charge >= 0.3 is 6.03 Å². The van der Waals surface area contributed by atoms with E-state index in [1.807, 2.05) is 31.2 Å². The number of ether oxygens (including phenoxy) is 1. The third-order valence-electron chi connectivity index (χ3n) is 4.77. The highest BCUT2D eigenvalue weighted by Crippen LogP contribution is 2.22. The van der Waals surface area contributed by atoms with E-state index >= 15 is 0 Å². The molecule has 2 N–H and O–H groups in total. The first-order chi connectivity index (χ1) is 12.7. The van der Waals surface area contributed by atoms with Crippen LogP contribution >= 0.6 is 0 Å². The molecule has 0 bridgehead atoms. The number of aromatic nitrogens is 3. The molecule has 0 spiro atoms. The molecule has 136 valence electrons. The molecule has 3 heterocycles. The Kier molecular flexibility index (Phi) is 4.34. The van der Waals surface area contributed by atoms with Gasteiger partial charge < -0.3 is 19.5 Å². The van der Waals surface area contributed by atoms with Gasteiger partial charge in [-0.2, -0.15) is 5.10 Å². The Hall–Kier alpha value is -2.87. The van der Waals surface area contributed by atoms with Crippen LogP contribution in [0.4, 0.5) is 4.79 Å². The number of fused-ring (bicyclic) bond motifs is 3. The number of aryl methyl sites for hydroxylation is 1. The molecule has 1 saturated heterocycles. The molecule has 0 unspecified atom stereocenters. The van der Waals surface area contributed by atoms with Gasteiger partial charge in [-0.15, -0.1) is 0 Å². The number of benzene rings is 1. The van der Waals surface area contributed by atoms with Crippen LogP contribution in [-0.4, -0.2) is 58.5 Å². The Bertz CT molecular complexity index is 1020. The first kappa shape index (κ1) is 16.6. The number of nitrogens with zero attached hydrogens (tertiary/aromatic N) is 3. The quantitative estimate of drug-likeness (QED) is 0.739. The number of nitrogens with one attached hydrogen (secondary N) is 2. The summed E-state index contributed by atoms with van der Waals surface area (Å²) in [5.41, 5.74) is 2.17. The van der Waals surface area contributed by atoms with Crippen LogP contribution in [0, 0.1) is 6.92 Å². The molecule has 8 heteroatoms.